The molecule has 1 amide bonds. The van der Waals surface area contributed by atoms with Crippen molar-refractivity contribution in [2.45, 2.75) is 25.0 Å². The Kier molecular flexibility index (Phi) is 5.18. The third-order valence-corrected chi connectivity index (χ3v) is 5.63. The highest BCUT2D eigenvalue weighted by atomic mass is 32.2. The van der Waals surface area contributed by atoms with Gasteiger partial charge in [-0.3, -0.25) is 4.79 Å². The topological polar surface area (TPSA) is 32.3 Å². The monoisotopic (exact) mass is 344 g/mol. The van der Waals surface area contributed by atoms with E-state index in [1.54, 1.807) is 0 Å². The van der Waals surface area contributed by atoms with Crippen LogP contribution in [0.4, 0.5) is 5.69 Å². The molecule has 23 heavy (non-hydrogen) atoms. The number of carbonyl (C=O) groups is 1. The van der Waals surface area contributed by atoms with Gasteiger partial charge in [-0.05, 0) is 31.2 Å². The lowest BCUT2D eigenvalue weighted by Gasteiger charge is -2.20. The fourth-order valence-electron chi connectivity index (χ4n) is 2.75. The van der Waals surface area contributed by atoms with Gasteiger partial charge in [0.15, 0.2) is 0 Å². The van der Waals surface area contributed by atoms with Gasteiger partial charge in [-0.25, -0.2) is 0 Å². The van der Waals surface area contributed by atoms with Crippen LogP contribution in [0.15, 0.2) is 42.5 Å². The molecule has 0 saturated carbocycles. The predicted molar refractivity (Wildman–Crippen MR) is 103 cm³/mol. The Morgan fingerprint density at radius 1 is 1.17 bits per heavy atom. The van der Waals surface area contributed by atoms with Crippen LogP contribution in [-0.4, -0.2) is 33.5 Å². The molecule has 0 aliphatic carbocycles. The van der Waals surface area contributed by atoms with Gasteiger partial charge >= 0.3 is 0 Å². The van der Waals surface area contributed by atoms with Crippen LogP contribution in [0.5, 0.6) is 0 Å². The van der Waals surface area contributed by atoms with Crippen LogP contribution in [0.2, 0.25) is 0 Å². The number of fused-ring (bicyclic) bond motifs is 1. The van der Waals surface area contributed by atoms with E-state index in [9.17, 15) is 4.79 Å². The van der Waals surface area contributed by atoms with Crippen LogP contribution in [0.3, 0.4) is 0 Å². The van der Waals surface area contributed by atoms with E-state index in [4.69, 9.17) is 12.2 Å². The molecule has 2 aromatic carbocycles. The fraction of sp³-hybridized carbons (Fsp3) is 0.333. The van der Waals surface area contributed by atoms with Gasteiger partial charge in [-0.15, -0.1) is 0 Å². The highest BCUT2D eigenvalue weighted by Gasteiger charge is 2.21. The number of benzene rings is 2. The first-order valence-corrected chi connectivity index (χ1v) is 9.18. The number of thioether (sulfide) groups is 1. The van der Waals surface area contributed by atoms with Crippen LogP contribution in [0.25, 0.3) is 10.8 Å². The summed E-state index contributed by atoms with van der Waals surface area (Å²) < 4.78 is 0.836. The molecule has 1 atom stereocenters. The van der Waals surface area contributed by atoms with Crippen molar-refractivity contribution >= 4 is 50.7 Å². The summed E-state index contributed by atoms with van der Waals surface area (Å²) in [6.07, 6.45) is 2.38. The smallest absolute Gasteiger partial charge is 0.237 e. The van der Waals surface area contributed by atoms with E-state index in [0.717, 1.165) is 33.9 Å². The molecule has 2 aromatic rings. The zero-order valence-electron chi connectivity index (χ0n) is 13.1. The van der Waals surface area contributed by atoms with E-state index in [2.05, 4.69) is 10.2 Å². The first-order chi connectivity index (χ1) is 11.1. The van der Waals surface area contributed by atoms with Crippen molar-refractivity contribution in [2.24, 2.45) is 0 Å². The summed E-state index contributed by atoms with van der Waals surface area (Å²) in [4.78, 5) is 14.7. The minimum Gasteiger partial charge on any atom is -0.358 e. The maximum absolute atomic E-state index is 12.5. The molecule has 0 spiro atoms. The van der Waals surface area contributed by atoms with Gasteiger partial charge in [0, 0.05) is 24.2 Å². The minimum atomic E-state index is -0.206. The molecule has 1 aliphatic heterocycles. The number of hydrogen-bond donors (Lipinski definition) is 1. The molecule has 5 heteroatoms. The van der Waals surface area contributed by atoms with Gasteiger partial charge in [0.25, 0.3) is 0 Å². The van der Waals surface area contributed by atoms with Crippen molar-refractivity contribution in [3.8, 4) is 0 Å². The number of amides is 1. The Morgan fingerprint density at radius 3 is 2.65 bits per heavy atom. The van der Waals surface area contributed by atoms with Crippen LogP contribution < -0.4 is 5.32 Å². The third-order valence-electron chi connectivity index (χ3n) is 4.06. The summed E-state index contributed by atoms with van der Waals surface area (Å²) >= 11 is 6.93. The molecule has 1 N–H and O–H groups in total. The van der Waals surface area contributed by atoms with Gasteiger partial charge in [-0.1, -0.05) is 60.4 Å². The molecule has 3 nitrogen and oxygen atoms in total. The first kappa shape index (κ1) is 16.3. The molecule has 0 bridgehead atoms. The molecule has 0 radical (unpaired) electrons. The lowest BCUT2D eigenvalue weighted by molar-refractivity contribution is -0.115. The van der Waals surface area contributed by atoms with Gasteiger partial charge in [-0.2, -0.15) is 0 Å². The maximum atomic E-state index is 12.5. The number of thiocarbonyl (C=S) groups is 1. The highest BCUT2D eigenvalue weighted by molar-refractivity contribution is 8.23. The van der Waals surface area contributed by atoms with E-state index in [0.29, 0.717) is 0 Å². The number of nitrogens with zero attached hydrogens (tertiary/aromatic N) is 1. The first-order valence-electron chi connectivity index (χ1n) is 7.89. The summed E-state index contributed by atoms with van der Waals surface area (Å²) in [5.41, 5.74) is 0.854. The molecule has 3 rings (SSSR count). The number of carbonyl (C=O) groups excluding carboxylic acids is 1. The number of rotatable bonds is 3. The lowest BCUT2D eigenvalue weighted by atomic mass is 10.1. The normalized spacial score (nSPS) is 15.6. The average molecular weight is 345 g/mol. The van der Waals surface area contributed by atoms with Crippen LogP contribution in [0.1, 0.15) is 19.8 Å². The van der Waals surface area contributed by atoms with Crippen molar-refractivity contribution in [3.05, 3.63) is 42.5 Å². The third kappa shape index (κ3) is 3.85. The fourth-order valence-corrected chi connectivity index (χ4v) is 4.16. The van der Waals surface area contributed by atoms with Gasteiger partial charge in [0.1, 0.15) is 4.32 Å². The predicted octanol–water partition coefficient (Wildman–Crippen LogP) is 4.28. The van der Waals surface area contributed by atoms with E-state index < -0.39 is 0 Å². The van der Waals surface area contributed by atoms with Gasteiger partial charge in [0.2, 0.25) is 5.91 Å². The molecular formula is C18H20N2OS2. The molecule has 0 unspecified atom stereocenters. The molecule has 0 aromatic heterocycles. The minimum absolute atomic E-state index is 0.00657. The molecular weight excluding hydrogens is 324 g/mol. The second kappa shape index (κ2) is 7.32. The van der Waals surface area contributed by atoms with Crippen LogP contribution >= 0.6 is 24.0 Å². The van der Waals surface area contributed by atoms with Crippen LogP contribution in [-0.2, 0) is 4.79 Å². The van der Waals surface area contributed by atoms with Gasteiger partial charge in [0.05, 0.1) is 5.25 Å². The number of anilines is 1. The zero-order chi connectivity index (χ0) is 16.2. The van der Waals surface area contributed by atoms with E-state index >= 15 is 0 Å². The number of nitrogens with one attached hydrogen (secondary N) is 1. The summed E-state index contributed by atoms with van der Waals surface area (Å²) in [7, 11) is 0. The lowest BCUT2D eigenvalue weighted by Crippen LogP contribution is -2.29. The van der Waals surface area contributed by atoms with Crippen molar-refractivity contribution in [1.29, 1.82) is 0 Å². The Morgan fingerprint density at radius 2 is 1.87 bits per heavy atom. The standard InChI is InChI=1S/C18H20N2OS2/c1-13(23-18(22)20-11-4-5-12-20)17(21)19-16-10-6-8-14-7-2-3-9-15(14)16/h2-3,6-10,13H,4-5,11-12H2,1H3,(H,19,21)/t13-/m1/s1. The molecule has 1 heterocycles. The summed E-state index contributed by atoms with van der Waals surface area (Å²) in [6.45, 7) is 3.94. The largest absolute Gasteiger partial charge is 0.358 e. The Balaban J connectivity index is 1.66. The summed E-state index contributed by atoms with van der Waals surface area (Å²) in [5, 5.41) is 5.02. The van der Waals surface area contributed by atoms with E-state index in [1.165, 1.54) is 24.6 Å². The summed E-state index contributed by atoms with van der Waals surface area (Å²) in [6, 6.07) is 14.0. The Hall–Kier alpha value is -1.59. The summed E-state index contributed by atoms with van der Waals surface area (Å²) in [5.74, 6) is -0.00657. The van der Waals surface area contributed by atoms with Crippen molar-refractivity contribution in [3.63, 3.8) is 0 Å². The van der Waals surface area contributed by atoms with Gasteiger partial charge < -0.3 is 10.2 Å². The second-order valence-electron chi connectivity index (χ2n) is 5.74. The second-order valence-corrected chi connectivity index (χ2v) is 7.71. The quantitative estimate of drug-likeness (QED) is 0.842. The zero-order valence-corrected chi connectivity index (χ0v) is 14.8. The van der Waals surface area contributed by atoms with Crippen molar-refractivity contribution in [2.75, 3.05) is 18.4 Å². The van der Waals surface area contributed by atoms with E-state index in [-0.39, 0.29) is 11.2 Å². The molecule has 120 valence electrons. The van der Waals surface area contributed by atoms with E-state index in [1.807, 2.05) is 49.4 Å². The average Bonchev–Trinajstić information content (AvgIpc) is 3.09. The molecule has 1 fully saturated rings. The molecule has 1 aliphatic rings. The number of hydrogen-bond acceptors (Lipinski definition) is 3. The highest BCUT2D eigenvalue weighted by Crippen LogP contribution is 2.25. The number of likely N-dealkylation sites (tertiary alicyclic amines) is 1. The SMILES string of the molecule is C[C@@H](SC(=S)N1CCCC1)C(=O)Nc1cccc2ccccc12. The van der Waals surface area contributed by atoms with Crippen molar-refractivity contribution < 1.29 is 4.79 Å². The molecule has 1 saturated heterocycles. The Labute approximate surface area is 146 Å². The van der Waals surface area contributed by atoms with Crippen molar-refractivity contribution in [1.82, 2.24) is 4.90 Å². The Bertz CT molecular complexity index is 721. The maximum Gasteiger partial charge on any atom is 0.237 e. The van der Waals surface area contributed by atoms with Crippen LogP contribution in [0, 0.1) is 0 Å².